The van der Waals surface area contributed by atoms with E-state index in [1.54, 1.807) is 18.3 Å². The third-order valence-electron chi connectivity index (χ3n) is 2.66. The molecule has 0 unspecified atom stereocenters. The van der Waals surface area contributed by atoms with Crippen LogP contribution in [0.4, 0.5) is 5.69 Å². The van der Waals surface area contributed by atoms with Gasteiger partial charge in [-0.1, -0.05) is 27.5 Å². The zero-order valence-electron chi connectivity index (χ0n) is 10.5. The van der Waals surface area contributed by atoms with Gasteiger partial charge in [-0.2, -0.15) is 0 Å². The molecule has 2 aromatic rings. The molecule has 1 amide bonds. The van der Waals surface area contributed by atoms with E-state index in [2.05, 4.69) is 26.2 Å². The summed E-state index contributed by atoms with van der Waals surface area (Å²) in [7, 11) is 0. The average molecular weight is 340 g/mol. The van der Waals surface area contributed by atoms with Gasteiger partial charge in [-0.25, -0.2) is 4.98 Å². The highest BCUT2D eigenvalue weighted by Crippen LogP contribution is 2.22. The molecule has 2 rings (SSSR count). The second-order valence-electron chi connectivity index (χ2n) is 4.26. The Morgan fingerprint density at radius 1 is 1.32 bits per heavy atom. The first-order chi connectivity index (χ1) is 8.97. The summed E-state index contributed by atoms with van der Waals surface area (Å²) in [6.45, 7) is 3.78. The van der Waals surface area contributed by atoms with Gasteiger partial charge in [0.1, 0.15) is 0 Å². The number of amides is 1. The van der Waals surface area contributed by atoms with Crippen molar-refractivity contribution in [2.45, 2.75) is 13.8 Å². The Morgan fingerprint density at radius 2 is 2.05 bits per heavy atom. The molecular weight excluding hydrogens is 328 g/mol. The highest BCUT2D eigenvalue weighted by Gasteiger charge is 2.11. The fourth-order valence-electron chi connectivity index (χ4n) is 1.71. The minimum absolute atomic E-state index is 0.195. The third kappa shape index (κ3) is 3.33. The van der Waals surface area contributed by atoms with Crippen LogP contribution in [-0.2, 0) is 0 Å². The molecule has 0 aliphatic carbocycles. The van der Waals surface area contributed by atoms with Crippen molar-refractivity contribution >= 4 is 39.1 Å². The fraction of sp³-hybridized carbons (Fsp3) is 0.143. The van der Waals surface area contributed by atoms with Crippen LogP contribution in [-0.4, -0.2) is 10.9 Å². The number of aromatic nitrogens is 1. The number of carbonyl (C=O) groups is 1. The molecule has 1 aromatic heterocycles. The van der Waals surface area contributed by atoms with Gasteiger partial charge in [0.05, 0.1) is 5.69 Å². The molecule has 5 heteroatoms. The molecule has 0 saturated carbocycles. The van der Waals surface area contributed by atoms with Crippen molar-refractivity contribution in [2.24, 2.45) is 0 Å². The highest BCUT2D eigenvalue weighted by atomic mass is 79.9. The first kappa shape index (κ1) is 14.0. The van der Waals surface area contributed by atoms with Gasteiger partial charge in [-0.15, -0.1) is 0 Å². The van der Waals surface area contributed by atoms with E-state index in [4.69, 9.17) is 11.6 Å². The van der Waals surface area contributed by atoms with E-state index >= 15 is 0 Å². The van der Waals surface area contributed by atoms with Crippen molar-refractivity contribution in [1.82, 2.24) is 4.98 Å². The number of nitrogens with one attached hydrogen (secondary N) is 1. The summed E-state index contributed by atoms with van der Waals surface area (Å²) in [6.07, 6.45) is 1.66. The number of halogens is 2. The Balaban J connectivity index is 2.28. The summed E-state index contributed by atoms with van der Waals surface area (Å²) < 4.78 is 0.941. The summed E-state index contributed by atoms with van der Waals surface area (Å²) >= 11 is 9.33. The SMILES string of the molecule is Cc1cnc(Cl)c(NC(=O)c2ccc(Br)cc2C)c1. The Morgan fingerprint density at radius 3 is 2.74 bits per heavy atom. The molecule has 0 spiro atoms. The molecule has 0 radical (unpaired) electrons. The predicted molar refractivity (Wildman–Crippen MR) is 80.8 cm³/mol. The van der Waals surface area contributed by atoms with Crippen molar-refractivity contribution < 1.29 is 4.79 Å². The smallest absolute Gasteiger partial charge is 0.256 e. The topological polar surface area (TPSA) is 42.0 Å². The summed E-state index contributed by atoms with van der Waals surface area (Å²) in [6, 6.07) is 7.29. The number of hydrogen-bond donors (Lipinski definition) is 1. The molecule has 0 fully saturated rings. The van der Waals surface area contributed by atoms with Gasteiger partial charge >= 0.3 is 0 Å². The van der Waals surface area contributed by atoms with E-state index in [1.807, 2.05) is 26.0 Å². The van der Waals surface area contributed by atoms with Gasteiger partial charge in [-0.05, 0) is 49.2 Å². The zero-order chi connectivity index (χ0) is 14.0. The van der Waals surface area contributed by atoms with Gasteiger partial charge < -0.3 is 5.32 Å². The van der Waals surface area contributed by atoms with E-state index < -0.39 is 0 Å². The Kier molecular flexibility index (Phi) is 4.22. The van der Waals surface area contributed by atoms with E-state index in [1.165, 1.54) is 0 Å². The van der Waals surface area contributed by atoms with Crippen LogP contribution in [0.15, 0.2) is 34.9 Å². The first-order valence-corrected chi connectivity index (χ1v) is 6.84. The van der Waals surface area contributed by atoms with Crippen LogP contribution in [0.2, 0.25) is 5.15 Å². The number of anilines is 1. The lowest BCUT2D eigenvalue weighted by molar-refractivity contribution is 0.102. The van der Waals surface area contributed by atoms with Crippen molar-refractivity contribution in [2.75, 3.05) is 5.32 Å². The maximum atomic E-state index is 12.2. The van der Waals surface area contributed by atoms with Gasteiger partial charge in [0.2, 0.25) is 0 Å². The minimum Gasteiger partial charge on any atom is -0.319 e. The van der Waals surface area contributed by atoms with Gasteiger partial charge in [0, 0.05) is 16.2 Å². The summed E-state index contributed by atoms with van der Waals surface area (Å²) in [5.41, 5.74) is 2.96. The van der Waals surface area contributed by atoms with Gasteiger partial charge in [-0.3, -0.25) is 4.79 Å². The maximum absolute atomic E-state index is 12.2. The second-order valence-corrected chi connectivity index (χ2v) is 5.54. The van der Waals surface area contributed by atoms with E-state index in [9.17, 15) is 4.79 Å². The molecule has 19 heavy (non-hydrogen) atoms. The monoisotopic (exact) mass is 338 g/mol. The lowest BCUT2D eigenvalue weighted by atomic mass is 10.1. The van der Waals surface area contributed by atoms with Crippen LogP contribution in [0.5, 0.6) is 0 Å². The number of rotatable bonds is 2. The fourth-order valence-corrected chi connectivity index (χ4v) is 2.34. The van der Waals surface area contributed by atoms with E-state index in [-0.39, 0.29) is 11.1 Å². The minimum atomic E-state index is -0.195. The van der Waals surface area contributed by atoms with E-state index in [0.717, 1.165) is 15.6 Å². The Hall–Kier alpha value is -1.39. The van der Waals surface area contributed by atoms with Gasteiger partial charge in [0.25, 0.3) is 5.91 Å². The van der Waals surface area contributed by atoms with Crippen molar-refractivity contribution in [1.29, 1.82) is 0 Å². The summed E-state index contributed by atoms with van der Waals surface area (Å²) in [5, 5.41) is 3.06. The maximum Gasteiger partial charge on any atom is 0.256 e. The quantitative estimate of drug-likeness (QED) is 0.826. The molecule has 98 valence electrons. The molecule has 3 nitrogen and oxygen atoms in total. The van der Waals surface area contributed by atoms with Crippen molar-refractivity contribution in [3.05, 3.63) is 56.8 Å². The molecular formula is C14H12BrClN2O. The van der Waals surface area contributed by atoms with Crippen LogP contribution in [0, 0.1) is 13.8 Å². The Bertz CT molecular complexity index is 643. The number of pyridine rings is 1. The van der Waals surface area contributed by atoms with Crippen molar-refractivity contribution in [3.63, 3.8) is 0 Å². The number of carbonyl (C=O) groups excluding carboxylic acids is 1. The molecule has 0 aliphatic heterocycles. The molecule has 1 aromatic carbocycles. The molecule has 0 saturated heterocycles. The van der Waals surface area contributed by atoms with Crippen LogP contribution >= 0.6 is 27.5 Å². The lowest BCUT2D eigenvalue weighted by Crippen LogP contribution is -2.14. The van der Waals surface area contributed by atoms with Crippen molar-refractivity contribution in [3.8, 4) is 0 Å². The summed E-state index contributed by atoms with van der Waals surface area (Å²) in [5.74, 6) is -0.195. The number of aryl methyl sites for hydroxylation is 2. The lowest BCUT2D eigenvalue weighted by Gasteiger charge is -2.09. The zero-order valence-corrected chi connectivity index (χ0v) is 12.8. The molecule has 0 bridgehead atoms. The predicted octanol–water partition coefficient (Wildman–Crippen LogP) is 4.37. The highest BCUT2D eigenvalue weighted by molar-refractivity contribution is 9.10. The van der Waals surface area contributed by atoms with Gasteiger partial charge in [0.15, 0.2) is 5.15 Å². The van der Waals surface area contributed by atoms with Crippen LogP contribution in [0.1, 0.15) is 21.5 Å². The van der Waals surface area contributed by atoms with E-state index in [0.29, 0.717) is 11.3 Å². The average Bonchev–Trinajstić information content (AvgIpc) is 2.33. The standard InChI is InChI=1S/C14H12BrClN2O/c1-8-5-12(13(16)17-7-8)18-14(19)11-4-3-10(15)6-9(11)2/h3-7H,1-2H3,(H,18,19). The molecule has 0 atom stereocenters. The number of hydrogen-bond acceptors (Lipinski definition) is 2. The normalized spacial score (nSPS) is 10.3. The van der Waals surface area contributed by atoms with Crippen LogP contribution in [0.3, 0.4) is 0 Å². The molecule has 0 aliphatic rings. The largest absolute Gasteiger partial charge is 0.319 e. The molecule has 1 heterocycles. The number of nitrogens with zero attached hydrogens (tertiary/aromatic N) is 1. The number of benzene rings is 1. The molecule has 1 N–H and O–H groups in total. The third-order valence-corrected chi connectivity index (χ3v) is 3.45. The second kappa shape index (κ2) is 5.72. The Labute approximate surface area is 125 Å². The summed E-state index contributed by atoms with van der Waals surface area (Å²) in [4.78, 5) is 16.2. The van der Waals surface area contributed by atoms with Crippen LogP contribution in [0.25, 0.3) is 0 Å². The van der Waals surface area contributed by atoms with Crippen LogP contribution < -0.4 is 5.32 Å². The first-order valence-electron chi connectivity index (χ1n) is 5.67.